The van der Waals surface area contributed by atoms with Gasteiger partial charge in [0.05, 0.1) is 6.54 Å². The van der Waals surface area contributed by atoms with Crippen molar-refractivity contribution in [2.24, 2.45) is 0 Å². The van der Waals surface area contributed by atoms with Crippen LogP contribution in [-0.2, 0) is 13.0 Å². The van der Waals surface area contributed by atoms with E-state index in [0.717, 1.165) is 39.7 Å². The van der Waals surface area contributed by atoms with Gasteiger partial charge in [0.25, 0.3) is 5.56 Å². The van der Waals surface area contributed by atoms with Crippen molar-refractivity contribution in [2.45, 2.75) is 45.8 Å². The number of nitrogens with zero attached hydrogens (tertiary/aromatic N) is 5. The van der Waals surface area contributed by atoms with E-state index in [1.165, 1.54) is 5.56 Å². The first kappa shape index (κ1) is 22.2. The average Bonchev–Trinajstić information content (AvgIpc) is 3.44. The number of aromatic nitrogens is 5. The number of aryl methyl sites for hydroxylation is 2. The number of fused-ring (bicyclic) bond motifs is 2. The molecule has 0 unspecified atom stereocenters. The van der Waals surface area contributed by atoms with E-state index >= 15 is 0 Å². The summed E-state index contributed by atoms with van der Waals surface area (Å²) < 4.78 is 1.82. The van der Waals surface area contributed by atoms with E-state index in [1.807, 2.05) is 48.0 Å². The zero-order chi connectivity index (χ0) is 24.8. The SMILES string of the molecule is Cc1cc(C)c2cc([C@@H](c3nnnn3Cc3ccccc3)N3c4ccccc4C[C@H]3C)c(=O)[nH]c2c1. The summed E-state index contributed by atoms with van der Waals surface area (Å²) in [5.41, 5.74) is 7.09. The number of H-pyrrole nitrogens is 1. The van der Waals surface area contributed by atoms with Gasteiger partial charge in [-0.2, -0.15) is 0 Å². The van der Waals surface area contributed by atoms with Crippen molar-refractivity contribution in [1.29, 1.82) is 0 Å². The highest BCUT2D eigenvalue weighted by atomic mass is 16.1. The molecule has 7 heteroatoms. The molecule has 0 amide bonds. The molecule has 2 aromatic heterocycles. The van der Waals surface area contributed by atoms with Crippen LogP contribution in [0.15, 0.2) is 77.6 Å². The number of anilines is 1. The summed E-state index contributed by atoms with van der Waals surface area (Å²) in [4.78, 5) is 19.1. The molecule has 180 valence electrons. The van der Waals surface area contributed by atoms with Crippen LogP contribution in [0.25, 0.3) is 10.9 Å². The van der Waals surface area contributed by atoms with Gasteiger partial charge in [0.2, 0.25) is 0 Å². The van der Waals surface area contributed by atoms with Gasteiger partial charge >= 0.3 is 0 Å². The van der Waals surface area contributed by atoms with Crippen LogP contribution in [0.4, 0.5) is 5.69 Å². The number of rotatable bonds is 5. The van der Waals surface area contributed by atoms with Gasteiger partial charge in [0.15, 0.2) is 5.82 Å². The van der Waals surface area contributed by atoms with Crippen LogP contribution >= 0.6 is 0 Å². The van der Waals surface area contributed by atoms with Crippen molar-refractivity contribution >= 4 is 16.6 Å². The molecular formula is C29H28N6O. The molecule has 0 radical (unpaired) electrons. The smallest absolute Gasteiger partial charge is 0.254 e. The number of hydrogen-bond acceptors (Lipinski definition) is 5. The lowest BCUT2D eigenvalue weighted by Gasteiger charge is -2.33. The Kier molecular flexibility index (Phi) is 5.40. The molecule has 0 saturated heterocycles. The molecule has 2 atom stereocenters. The van der Waals surface area contributed by atoms with Crippen LogP contribution in [0, 0.1) is 13.8 Å². The number of hydrogen-bond donors (Lipinski definition) is 1. The lowest BCUT2D eigenvalue weighted by molar-refractivity contribution is 0.544. The van der Waals surface area contributed by atoms with Crippen LogP contribution in [0.3, 0.4) is 0 Å². The third-order valence-electron chi connectivity index (χ3n) is 7.15. The maximum absolute atomic E-state index is 13.7. The predicted octanol–water partition coefficient (Wildman–Crippen LogP) is 4.72. The third kappa shape index (κ3) is 3.77. The van der Waals surface area contributed by atoms with Gasteiger partial charge in [0, 0.05) is 28.2 Å². The second-order valence-corrected chi connectivity index (χ2v) is 9.77. The van der Waals surface area contributed by atoms with Crippen molar-refractivity contribution in [3.8, 4) is 0 Å². The molecule has 1 aliphatic heterocycles. The van der Waals surface area contributed by atoms with Crippen molar-refractivity contribution < 1.29 is 0 Å². The van der Waals surface area contributed by atoms with Gasteiger partial charge in [-0.25, -0.2) is 4.68 Å². The largest absolute Gasteiger partial charge is 0.354 e. The number of pyridine rings is 1. The maximum Gasteiger partial charge on any atom is 0.254 e. The quantitative estimate of drug-likeness (QED) is 0.397. The number of tetrazole rings is 1. The zero-order valence-corrected chi connectivity index (χ0v) is 20.6. The summed E-state index contributed by atoms with van der Waals surface area (Å²) in [6.45, 7) is 6.84. The van der Waals surface area contributed by atoms with Crippen LogP contribution in [0.1, 0.15) is 46.6 Å². The van der Waals surface area contributed by atoms with Crippen molar-refractivity contribution in [1.82, 2.24) is 25.2 Å². The lowest BCUT2D eigenvalue weighted by Crippen LogP contribution is -2.39. The maximum atomic E-state index is 13.7. The van der Waals surface area contributed by atoms with Crippen molar-refractivity contribution in [2.75, 3.05) is 4.90 Å². The summed E-state index contributed by atoms with van der Waals surface area (Å²) in [6, 6.07) is 24.4. The molecule has 0 spiro atoms. The Morgan fingerprint density at radius 1 is 1.03 bits per heavy atom. The summed E-state index contributed by atoms with van der Waals surface area (Å²) in [5, 5.41) is 13.9. The fourth-order valence-electron chi connectivity index (χ4n) is 5.57. The third-order valence-corrected chi connectivity index (χ3v) is 7.15. The number of benzene rings is 3. The fourth-order valence-corrected chi connectivity index (χ4v) is 5.57. The number of para-hydroxylation sites is 1. The van der Waals surface area contributed by atoms with Gasteiger partial charge in [0.1, 0.15) is 6.04 Å². The predicted molar refractivity (Wildman–Crippen MR) is 141 cm³/mol. The molecular weight excluding hydrogens is 448 g/mol. The average molecular weight is 477 g/mol. The Balaban J connectivity index is 1.57. The Hall–Kier alpha value is -4.26. The van der Waals surface area contributed by atoms with Gasteiger partial charge in [-0.15, -0.1) is 5.10 Å². The minimum absolute atomic E-state index is 0.122. The Morgan fingerprint density at radius 3 is 2.64 bits per heavy atom. The molecule has 6 rings (SSSR count). The zero-order valence-electron chi connectivity index (χ0n) is 20.6. The molecule has 0 bridgehead atoms. The monoisotopic (exact) mass is 476 g/mol. The van der Waals surface area contributed by atoms with Crippen LogP contribution in [0.2, 0.25) is 0 Å². The summed E-state index contributed by atoms with van der Waals surface area (Å²) in [6.07, 6.45) is 0.899. The molecule has 0 fully saturated rings. The lowest BCUT2D eigenvalue weighted by atomic mass is 9.99. The van der Waals surface area contributed by atoms with Gasteiger partial charge in [-0.05, 0) is 78.1 Å². The highest BCUT2D eigenvalue weighted by Gasteiger charge is 2.38. The molecule has 7 nitrogen and oxygen atoms in total. The summed E-state index contributed by atoms with van der Waals surface area (Å²) in [7, 11) is 0. The second-order valence-electron chi connectivity index (χ2n) is 9.77. The molecule has 5 aromatic rings. The standard InChI is InChI=1S/C29H28N6O/c1-18-13-19(2)23-16-24(29(36)30-25(23)14-18)27(35-20(3)15-22-11-7-8-12-26(22)35)28-31-32-33-34(28)17-21-9-5-4-6-10-21/h4-14,16,20,27H,15,17H2,1-3H3,(H,30,36)/t20-,27+/m1/s1. The van der Waals surface area contributed by atoms with E-state index in [4.69, 9.17) is 0 Å². The summed E-state index contributed by atoms with van der Waals surface area (Å²) in [5.74, 6) is 0.650. The van der Waals surface area contributed by atoms with Crippen molar-refractivity contribution in [3.63, 3.8) is 0 Å². The van der Waals surface area contributed by atoms with E-state index in [2.05, 4.69) is 75.7 Å². The molecule has 36 heavy (non-hydrogen) atoms. The molecule has 3 aromatic carbocycles. The first-order chi connectivity index (χ1) is 17.5. The molecule has 1 aliphatic rings. The van der Waals surface area contributed by atoms with E-state index < -0.39 is 6.04 Å². The van der Waals surface area contributed by atoms with Crippen LogP contribution in [-0.4, -0.2) is 31.2 Å². The van der Waals surface area contributed by atoms with Crippen LogP contribution in [0.5, 0.6) is 0 Å². The highest BCUT2D eigenvalue weighted by Crippen LogP contribution is 2.40. The normalized spacial score (nSPS) is 15.9. The summed E-state index contributed by atoms with van der Waals surface area (Å²) >= 11 is 0. The Morgan fingerprint density at radius 2 is 1.81 bits per heavy atom. The minimum atomic E-state index is -0.448. The molecule has 1 N–H and O–H groups in total. The van der Waals surface area contributed by atoms with E-state index in [0.29, 0.717) is 17.9 Å². The van der Waals surface area contributed by atoms with E-state index in [9.17, 15) is 4.79 Å². The van der Waals surface area contributed by atoms with E-state index in [-0.39, 0.29) is 11.6 Å². The minimum Gasteiger partial charge on any atom is -0.354 e. The Bertz CT molecular complexity index is 1620. The first-order valence-electron chi connectivity index (χ1n) is 12.3. The van der Waals surface area contributed by atoms with E-state index in [1.54, 1.807) is 0 Å². The highest BCUT2D eigenvalue weighted by molar-refractivity contribution is 5.83. The van der Waals surface area contributed by atoms with Gasteiger partial charge in [-0.1, -0.05) is 54.6 Å². The first-order valence-corrected chi connectivity index (χ1v) is 12.3. The van der Waals surface area contributed by atoms with Crippen LogP contribution < -0.4 is 10.5 Å². The second kappa shape index (κ2) is 8.75. The van der Waals surface area contributed by atoms with Gasteiger partial charge in [-0.3, -0.25) is 4.79 Å². The number of aromatic amines is 1. The molecule has 3 heterocycles. The molecule has 0 saturated carbocycles. The topological polar surface area (TPSA) is 79.7 Å². The fraction of sp³-hybridized carbons (Fsp3) is 0.241. The molecule has 0 aliphatic carbocycles. The number of nitrogens with one attached hydrogen (secondary N) is 1. The Labute approximate surface area is 209 Å². The van der Waals surface area contributed by atoms with Gasteiger partial charge < -0.3 is 9.88 Å². The van der Waals surface area contributed by atoms with Crippen molar-refractivity contribution in [3.05, 3.63) is 117 Å².